The molecule has 0 aliphatic heterocycles. The van der Waals surface area contributed by atoms with E-state index in [9.17, 15) is 10.1 Å². The molecule has 0 unspecified atom stereocenters. The maximum atomic E-state index is 10.7. The van der Waals surface area contributed by atoms with Crippen molar-refractivity contribution in [1.82, 2.24) is 10.6 Å². The van der Waals surface area contributed by atoms with Crippen molar-refractivity contribution in [2.75, 3.05) is 20.3 Å². The summed E-state index contributed by atoms with van der Waals surface area (Å²) in [6.45, 7) is 2.35. The summed E-state index contributed by atoms with van der Waals surface area (Å²) >= 11 is 1.68. The van der Waals surface area contributed by atoms with E-state index in [-0.39, 0.29) is 29.7 Å². The predicted molar refractivity (Wildman–Crippen MR) is 111 cm³/mol. The Bertz CT molecular complexity index is 663. The van der Waals surface area contributed by atoms with Gasteiger partial charge in [-0.05, 0) is 17.0 Å². The summed E-state index contributed by atoms with van der Waals surface area (Å²) in [6.07, 6.45) is 0. The Labute approximate surface area is 167 Å². The van der Waals surface area contributed by atoms with Crippen LogP contribution in [0.25, 0.3) is 0 Å². The highest BCUT2D eigenvalue weighted by atomic mass is 127. The predicted octanol–water partition coefficient (Wildman–Crippen LogP) is 3.16. The lowest BCUT2D eigenvalue weighted by molar-refractivity contribution is -0.384. The van der Waals surface area contributed by atoms with Gasteiger partial charge in [-0.2, -0.15) is 0 Å². The monoisotopic (exact) mass is 476 g/mol. The number of rotatable bonds is 8. The van der Waals surface area contributed by atoms with E-state index in [0.717, 1.165) is 5.56 Å². The molecular formula is C16H21IN4O3S. The molecule has 0 spiro atoms. The molecular weight excluding hydrogens is 455 g/mol. The normalized spacial score (nSPS) is 10.8. The average Bonchev–Trinajstić information content (AvgIpc) is 3.11. The van der Waals surface area contributed by atoms with Crippen molar-refractivity contribution < 1.29 is 9.66 Å². The molecule has 9 heteroatoms. The molecule has 0 atom stereocenters. The van der Waals surface area contributed by atoms with Gasteiger partial charge in [-0.3, -0.25) is 10.1 Å². The number of methoxy groups -OCH3 is 1. The number of nitrogens with zero attached hydrogens (tertiary/aromatic N) is 2. The highest BCUT2D eigenvalue weighted by molar-refractivity contribution is 14.0. The lowest BCUT2D eigenvalue weighted by atomic mass is 10.2. The molecule has 25 heavy (non-hydrogen) atoms. The van der Waals surface area contributed by atoms with Gasteiger partial charge in [0.15, 0.2) is 5.96 Å². The second-order valence-electron chi connectivity index (χ2n) is 4.94. The number of thiophene rings is 1. The van der Waals surface area contributed by atoms with Gasteiger partial charge in [-0.25, -0.2) is 4.99 Å². The molecule has 1 aromatic heterocycles. The standard InChI is InChI=1S/C16H20N4O3S.HI/c1-23-9-8-17-16(19-12-15-3-2-10-24-15)18-11-13-4-6-14(7-5-13)20(21)22;/h2-7,10H,8-9,11-12H2,1H3,(H2,17,18,19);1H. The van der Waals surface area contributed by atoms with Gasteiger partial charge in [0, 0.05) is 30.7 Å². The van der Waals surface area contributed by atoms with Gasteiger partial charge in [0.05, 0.1) is 24.6 Å². The van der Waals surface area contributed by atoms with Crippen LogP contribution in [0.1, 0.15) is 10.4 Å². The van der Waals surface area contributed by atoms with Gasteiger partial charge in [0.2, 0.25) is 0 Å². The zero-order valence-corrected chi connectivity index (χ0v) is 17.0. The van der Waals surface area contributed by atoms with Crippen LogP contribution in [0.3, 0.4) is 0 Å². The SMILES string of the molecule is COCCNC(=NCc1ccc([N+](=O)[O-])cc1)NCc1cccs1.I. The topological polar surface area (TPSA) is 88.8 Å². The summed E-state index contributed by atoms with van der Waals surface area (Å²) in [7, 11) is 1.65. The molecule has 1 heterocycles. The molecule has 0 bridgehead atoms. The minimum Gasteiger partial charge on any atom is -0.383 e. The van der Waals surface area contributed by atoms with Gasteiger partial charge in [0.1, 0.15) is 0 Å². The summed E-state index contributed by atoms with van der Waals surface area (Å²) in [5, 5.41) is 19.2. The molecule has 1 aromatic carbocycles. The average molecular weight is 476 g/mol. The molecule has 0 fully saturated rings. The molecule has 136 valence electrons. The smallest absolute Gasteiger partial charge is 0.269 e. The number of benzene rings is 1. The van der Waals surface area contributed by atoms with E-state index in [1.165, 1.54) is 17.0 Å². The second-order valence-corrected chi connectivity index (χ2v) is 5.97. The van der Waals surface area contributed by atoms with Crippen LogP contribution in [-0.2, 0) is 17.8 Å². The number of non-ortho nitro benzene ring substituents is 1. The van der Waals surface area contributed by atoms with Crippen molar-refractivity contribution in [3.8, 4) is 0 Å². The lowest BCUT2D eigenvalue weighted by Gasteiger charge is -2.11. The first-order chi connectivity index (χ1) is 11.7. The Kier molecular flexibility index (Phi) is 10.0. The van der Waals surface area contributed by atoms with Crippen molar-refractivity contribution in [2.24, 2.45) is 4.99 Å². The van der Waals surface area contributed by atoms with Gasteiger partial charge in [-0.1, -0.05) is 18.2 Å². The van der Waals surface area contributed by atoms with E-state index in [2.05, 4.69) is 21.7 Å². The molecule has 2 N–H and O–H groups in total. The van der Waals surface area contributed by atoms with Gasteiger partial charge in [-0.15, -0.1) is 35.3 Å². The van der Waals surface area contributed by atoms with E-state index in [0.29, 0.717) is 32.2 Å². The first kappa shape index (κ1) is 21.3. The summed E-state index contributed by atoms with van der Waals surface area (Å²) < 4.78 is 5.03. The fourth-order valence-electron chi connectivity index (χ4n) is 1.92. The summed E-state index contributed by atoms with van der Waals surface area (Å²) in [5.41, 5.74) is 0.988. The number of nitro benzene ring substituents is 1. The van der Waals surface area contributed by atoms with E-state index in [1.807, 2.05) is 11.4 Å². The molecule has 0 radical (unpaired) electrons. The van der Waals surface area contributed by atoms with Crippen LogP contribution < -0.4 is 10.6 Å². The largest absolute Gasteiger partial charge is 0.383 e. The Morgan fingerprint density at radius 2 is 2.04 bits per heavy atom. The van der Waals surface area contributed by atoms with Gasteiger partial charge >= 0.3 is 0 Å². The molecule has 0 aliphatic rings. The third-order valence-corrected chi connectivity index (χ3v) is 4.05. The fourth-order valence-corrected chi connectivity index (χ4v) is 2.57. The Hall–Kier alpha value is -1.72. The minimum absolute atomic E-state index is 0. The van der Waals surface area contributed by atoms with Crippen LogP contribution in [0.2, 0.25) is 0 Å². The molecule has 2 rings (SSSR count). The first-order valence-corrected chi connectivity index (χ1v) is 8.34. The Morgan fingerprint density at radius 3 is 2.64 bits per heavy atom. The van der Waals surface area contributed by atoms with Crippen molar-refractivity contribution in [2.45, 2.75) is 13.1 Å². The zero-order chi connectivity index (χ0) is 17.2. The first-order valence-electron chi connectivity index (χ1n) is 7.46. The number of aliphatic imine (C=N–C) groups is 1. The fraction of sp³-hybridized carbons (Fsp3) is 0.312. The highest BCUT2D eigenvalue weighted by Crippen LogP contribution is 2.12. The van der Waals surface area contributed by atoms with Crippen LogP contribution in [0, 0.1) is 10.1 Å². The van der Waals surface area contributed by atoms with Gasteiger partial charge < -0.3 is 15.4 Å². The number of guanidine groups is 1. The number of nitro groups is 1. The Morgan fingerprint density at radius 1 is 1.28 bits per heavy atom. The summed E-state index contributed by atoms with van der Waals surface area (Å²) in [6, 6.07) is 10.5. The maximum absolute atomic E-state index is 10.7. The zero-order valence-electron chi connectivity index (χ0n) is 13.8. The number of hydrogen-bond acceptors (Lipinski definition) is 5. The minimum atomic E-state index is -0.409. The summed E-state index contributed by atoms with van der Waals surface area (Å²) in [4.78, 5) is 16.0. The van der Waals surface area contributed by atoms with Crippen LogP contribution in [-0.4, -0.2) is 31.1 Å². The van der Waals surface area contributed by atoms with Crippen LogP contribution in [0.15, 0.2) is 46.8 Å². The summed E-state index contributed by atoms with van der Waals surface area (Å²) in [5.74, 6) is 0.679. The van der Waals surface area contributed by atoms with Crippen molar-refractivity contribution in [3.63, 3.8) is 0 Å². The lowest BCUT2D eigenvalue weighted by Crippen LogP contribution is -2.38. The van der Waals surface area contributed by atoms with E-state index >= 15 is 0 Å². The second kappa shape index (κ2) is 11.8. The molecule has 0 saturated heterocycles. The number of hydrogen-bond donors (Lipinski definition) is 2. The number of ether oxygens (including phenoxy) is 1. The van der Waals surface area contributed by atoms with E-state index < -0.39 is 4.92 Å². The molecule has 0 saturated carbocycles. The van der Waals surface area contributed by atoms with Gasteiger partial charge in [0.25, 0.3) is 5.69 Å². The van der Waals surface area contributed by atoms with Crippen LogP contribution in [0.4, 0.5) is 5.69 Å². The van der Waals surface area contributed by atoms with Crippen molar-refractivity contribution >= 4 is 47.0 Å². The van der Waals surface area contributed by atoms with Crippen LogP contribution in [0.5, 0.6) is 0 Å². The van der Waals surface area contributed by atoms with Crippen molar-refractivity contribution in [3.05, 3.63) is 62.3 Å². The molecule has 2 aromatic rings. The maximum Gasteiger partial charge on any atom is 0.269 e. The molecule has 7 nitrogen and oxygen atoms in total. The van der Waals surface area contributed by atoms with Crippen LogP contribution >= 0.6 is 35.3 Å². The third-order valence-electron chi connectivity index (χ3n) is 3.18. The highest BCUT2D eigenvalue weighted by Gasteiger charge is 2.04. The number of nitrogens with one attached hydrogen (secondary N) is 2. The van der Waals surface area contributed by atoms with E-state index in [4.69, 9.17) is 4.74 Å². The third kappa shape index (κ3) is 7.80. The number of halogens is 1. The molecule has 0 amide bonds. The quantitative estimate of drug-likeness (QED) is 0.153. The van der Waals surface area contributed by atoms with Crippen molar-refractivity contribution in [1.29, 1.82) is 0 Å². The Balaban J connectivity index is 0.00000312. The molecule has 0 aliphatic carbocycles. The van der Waals surface area contributed by atoms with E-state index in [1.54, 1.807) is 30.6 Å².